The van der Waals surface area contributed by atoms with Crippen LogP contribution in [0, 0.1) is 23.2 Å². The van der Waals surface area contributed by atoms with E-state index in [1.807, 2.05) is 36.4 Å². The van der Waals surface area contributed by atoms with E-state index in [0.29, 0.717) is 5.56 Å². The molecule has 0 aliphatic carbocycles. The van der Waals surface area contributed by atoms with Crippen molar-refractivity contribution >= 4 is 5.97 Å². The second kappa shape index (κ2) is 5.53. The molecular weight excluding hydrogens is 238 g/mol. The molecule has 0 aliphatic heterocycles. The first-order valence-electron chi connectivity index (χ1n) is 5.54. The van der Waals surface area contributed by atoms with Crippen LogP contribution in [-0.2, 0) is 0 Å². The van der Waals surface area contributed by atoms with Gasteiger partial charge in [0.25, 0.3) is 0 Å². The van der Waals surface area contributed by atoms with Gasteiger partial charge in [-0.3, -0.25) is 0 Å². The van der Waals surface area contributed by atoms with Gasteiger partial charge in [0.05, 0.1) is 17.2 Å². The Morgan fingerprint density at radius 3 is 2.21 bits per heavy atom. The highest BCUT2D eigenvalue weighted by molar-refractivity contribution is 5.88. The Balaban J connectivity index is 2.41. The van der Waals surface area contributed by atoms with E-state index < -0.39 is 5.97 Å². The fourth-order valence-corrected chi connectivity index (χ4v) is 1.55. The number of hydrogen-bond acceptors (Lipinski definition) is 2. The van der Waals surface area contributed by atoms with Gasteiger partial charge in [-0.1, -0.05) is 30.0 Å². The van der Waals surface area contributed by atoms with Crippen LogP contribution in [0.25, 0.3) is 0 Å². The lowest BCUT2D eigenvalue weighted by molar-refractivity contribution is 0.0697. The van der Waals surface area contributed by atoms with E-state index in [2.05, 4.69) is 11.8 Å². The third-order valence-corrected chi connectivity index (χ3v) is 2.43. The van der Waals surface area contributed by atoms with Gasteiger partial charge >= 0.3 is 5.97 Å². The summed E-state index contributed by atoms with van der Waals surface area (Å²) in [5.41, 5.74) is 1.70. The Morgan fingerprint density at radius 2 is 1.58 bits per heavy atom. The van der Waals surface area contributed by atoms with Crippen molar-refractivity contribution in [1.82, 2.24) is 0 Å². The predicted molar refractivity (Wildman–Crippen MR) is 70.5 cm³/mol. The first-order valence-corrected chi connectivity index (χ1v) is 5.54. The lowest BCUT2D eigenvalue weighted by Crippen LogP contribution is -1.97. The minimum Gasteiger partial charge on any atom is -0.478 e. The molecule has 0 radical (unpaired) electrons. The van der Waals surface area contributed by atoms with Gasteiger partial charge in [0.15, 0.2) is 0 Å². The summed E-state index contributed by atoms with van der Waals surface area (Å²) in [6, 6.07) is 15.6. The summed E-state index contributed by atoms with van der Waals surface area (Å²) in [7, 11) is 0. The summed E-state index contributed by atoms with van der Waals surface area (Å²) in [6.07, 6.45) is 0. The monoisotopic (exact) mass is 247 g/mol. The molecule has 0 unspecified atom stereocenters. The molecule has 0 atom stereocenters. The van der Waals surface area contributed by atoms with Crippen molar-refractivity contribution < 1.29 is 9.90 Å². The molecule has 0 spiro atoms. The normalized spacial score (nSPS) is 9.00. The van der Waals surface area contributed by atoms with Gasteiger partial charge in [0, 0.05) is 11.1 Å². The fraction of sp³-hybridized carbons (Fsp3) is 0. The predicted octanol–water partition coefficient (Wildman–Crippen LogP) is 2.66. The minimum atomic E-state index is -1.07. The average Bonchev–Trinajstić information content (AvgIpc) is 2.45. The van der Waals surface area contributed by atoms with Crippen LogP contribution in [0.15, 0.2) is 48.5 Å². The molecule has 1 N–H and O–H groups in total. The number of nitrogens with zero attached hydrogens (tertiary/aromatic N) is 1. The van der Waals surface area contributed by atoms with Gasteiger partial charge in [0.1, 0.15) is 0 Å². The van der Waals surface area contributed by atoms with Crippen LogP contribution < -0.4 is 0 Å². The van der Waals surface area contributed by atoms with Gasteiger partial charge in [-0.25, -0.2) is 4.79 Å². The molecule has 0 heterocycles. The lowest BCUT2D eigenvalue weighted by atomic mass is 10.1. The molecule has 90 valence electrons. The third kappa shape index (κ3) is 3.21. The Labute approximate surface area is 110 Å². The maximum absolute atomic E-state index is 10.9. The van der Waals surface area contributed by atoms with Crippen molar-refractivity contribution in [2.75, 3.05) is 0 Å². The lowest BCUT2D eigenvalue weighted by Gasteiger charge is -1.97. The first-order chi connectivity index (χ1) is 9.19. The molecule has 0 aliphatic rings. The summed E-state index contributed by atoms with van der Waals surface area (Å²) in [5, 5.41) is 17.8. The van der Waals surface area contributed by atoms with Gasteiger partial charge in [0.2, 0.25) is 0 Å². The number of nitriles is 1. The van der Waals surface area contributed by atoms with Crippen LogP contribution in [0.1, 0.15) is 27.0 Å². The number of rotatable bonds is 1. The second-order valence-electron chi connectivity index (χ2n) is 3.83. The Morgan fingerprint density at radius 1 is 0.947 bits per heavy atom. The van der Waals surface area contributed by atoms with E-state index in [4.69, 9.17) is 10.4 Å². The number of carboxylic acids is 1. The van der Waals surface area contributed by atoms with Crippen LogP contribution in [0.5, 0.6) is 0 Å². The molecule has 0 saturated carbocycles. The van der Waals surface area contributed by atoms with Gasteiger partial charge in [-0.15, -0.1) is 0 Å². The standard InChI is InChI=1S/C16H9NO2/c17-11-14-8-13(9-15(10-14)16(18)19)7-6-12-4-2-1-3-5-12/h1-5,8-10H,(H,18,19). The SMILES string of the molecule is N#Cc1cc(C#Cc2ccccc2)cc(C(=O)O)c1. The maximum Gasteiger partial charge on any atom is 0.335 e. The van der Waals surface area contributed by atoms with E-state index in [0.717, 1.165) is 5.56 Å². The van der Waals surface area contributed by atoms with Crippen molar-refractivity contribution in [3.8, 4) is 17.9 Å². The highest BCUT2D eigenvalue weighted by Gasteiger charge is 2.05. The number of carbonyl (C=O) groups is 1. The number of carboxylic acid groups (broad SMARTS) is 1. The number of benzene rings is 2. The molecule has 2 aromatic carbocycles. The van der Waals surface area contributed by atoms with Crippen LogP contribution >= 0.6 is 0 Å². The van der Waals surface area contributed by atoms with Gasteiger partial charge in [-0.05, 0) is 30.3 Å². The topological polar surface area (TPSA) is 61.1 Å². The van der Waals surface area contributed by atoms with Crippen LogP contribution in [0.3, 0.4) is 0 Å². The molecule has 3 nitrogen and oxygen atoms in total. The Kier molecular flexibility index (Phi) is 3.61. The molecule has 3 heteroatoms. The van der Waals surface area contributed by atoms with Crippen molar-refractivity contribution in [3.63, 3.8) is 0 Å². The second-order valence-corrected chi connectivity index (χ2v) is 3.83. The highest BCUT2D eigenvalue weighted by atomic mass is 16.4. The molecule has 0 saturated heterocycles. The highest BCUT2D eigenvalue weighted by Crippen LogP contribution is 2.09. The first kappa shape index (κ1) is 12.4. The molecule has 2 aromatic rings. The number of aromatic carboxylic acids is 1. The van der Waals surface area contributed by atoms with Crippen LogP contribution in [-0.4, -0.2) is 11.1 Å². The smallest absolute Gasteiger partial charge is 0.335 e. The summed E-state index contributed by atoms with van der Waals surface area (Å²) >= 11 is 0. The summed E-state index contributed by atoms with van der Waals surface area (Å²) in [6.45, 7) is 0. The summed E-state index contributed by atoms with van der Waals surface area (Å²) in [5.74, 6) is 4.72. The third-order valence-electron chi connectivity index (χ3n) is 2.43. The minimum absolute atomic E-state index is 0.0661. The molecule has 2 rings (SSSR count). The van der Waals surface area contributed by atoms with Crippen molar-refractivity contribution in [3.05, 3.63) is 70.8 Å². The van der Waals surface area contributed by atoms with E-state index >= 15 is 0 Å². The zero-order chi connectivity index (χ0) is 13.7. The largest absolute Gasteiger partial charge is 0.478 e. The summed E-state index contributed by atoms with van der Waals surface area (Å²) < 4.78 is 0. The fourth-order valence-electron chi connectivity index (χ4n) is 1.55. The Bertz CT molecular complexity index is 716. The quantitative estimate of drug-likeness (QED) is 0.788. The van der Waals surface area contributed by atoms with Crippen molar-refractivity contribution in [1.29, 1.82) is 5.26 Å². The van der Waals surface area contributed by atoms with Gasteiger partial charge in [-0.2, -0.15) is 5.26 Å². The molecular formula is C16H9NO2. The molecule has 0 bridgehead atoms. The molecule has 19 heavy (non-hydrogen) atoms. The molecule has 0 aromatic heterocycles. The summed E-state index contributed by atoms with van der Waals surface area (Å²) in [4.78, 5) is 10.9. The van der Waals surface area contributed by atoms with Crippen molar-refractivity contribution in [2.24, 2.45) is 0 Å². The van der Waals surface area contributed by atoms with E-state index in [1.54, 1.807) is 6.07 Å². The molecule has 0 fully saturated rings. The van der Waals surface area contributed by atoms with E-state index in [9.17, 15) is 4.79 Å². The van der Waals surface area contributed by atoms with Crippen molar-refractivity contribution in [2.45, 2.75) is 0 Å². The van der Waals surface area contributed by atoms with Gasteiger partial charge < -0.3 is 5.11 Å². The average molecular weight is 247 g/mol. The Hall–Kier alpha value is -3.04. The number of hydrogen-bond donors (Lipinski definition) is 1. The van der Waals surface area contributed by atoms with Crippen LogP contribution in [0.4, 0.5) is 0 Å². The zero-order valence-corrected chi connectivity index (χ0v) is 9.92. The zero-order valence-electron chi connectivity index (χ0n) is 9.92. The van der Waals surface area contributed by atoms with E-state index in [-0.39, 0.29) is 11.1 Å². The molecule has 0 amide bonds. The van der Waals surface area contributed by atoms with Crippen LogP contribution in [0.2, 0.25) is 0 Å². The van der Waals surface area contributed by atoms with E-state index in [1.165, 1.54) is 12.1 Å². The maximum atomic E-state index is 10.9.